The van der Waals surface area contributed by atoms with Gasteiger partial charge in [0.05, 0.1) is 12.5 Å². The van der Waals surface area contributed by atoms with E-state index in [2.05, 4.69) is 16.0 Å². The van der Waals surface area contributed by atoms with E-state index in [0.717, 1.165) is 5.56 Å². The van der Waals surface area contributed by atoms with Gasteiger partial charge >= 0.3 is 11.9 Å². The summed E-state index contributed by atoms with van der Waals surface area (Å²) in [6.45, 7) is 0.357. The Kier molecular flexibility index (Phi) is 14.9. The molecule has 0 aliphatic carbocycles. The van der Waals surface area contributed by atoms with Crippen LogP contribution < -0.4 is 27.4 Å². The summed E-state index contributed by atoms with van der Waals surface area (Å²) in [6.07, 6.45) is 2.58. The molecule has 0 spiro atoms. The van der Waals surface area contributed by atoms with Gasteiger partial charge in [-0.15, -0.1) is 0 Å². The summed E-state index contributed by atoms with van der Waals surface area (Å²) in [5.74, 6) is -4.47. The van der Waals surface area contributed by atoms with Crippen molar-refractivity contribution in [3.8, 4) is 0 Å². The van der Waals surface area contributed by atoms with Crippen molar-refractivity contribution < 1.29 is 34.2 Å². The number of nitrogens with two attached hydrogens (primary N) is 2. The largest absolute Gasteiger partial charge is 0.481 e. The fourth-order valence-electron chi connectivity index (χ4n) is 3.42. The molecule has 0 aromatic heterocycles. The van der Waals surface area contributed by atoms with E-state index in [4.69, 9.17) is 11.5 Å². The number of thioether (sulfide) groups is 1. The lowest BCUT2D eigenvalue weighted by atomic mass is 10.0. The minimum atomic E-state index is -1.55. The van der Waals surface area contributed by atoms with E-state index in [1.54, 1.807) is 0 Å². The molecular weight excluding hydrogens is 502 g/mol. The quantitative estimate of drug-likeness (QED) is 0.118. The fraction of sp³-hybridized carbons (Fsp3) is 0.542. The Morgan fingerprint density at radius 3 is 2.03 bits per heavy atom. The number of carboxylic acids is 2. The molecule has 1 aromatic rings. The summed E-state index contributed by atoms with van der Waals surface area (Å²) in [6, 6.07) is 4.27. The molecule has 206 valence electrons. The highest BCUT2D eigenvalue weighted by molar-refractivity contribution is 7.98. The van der Waals surface area contributed by atoms with Gasteiger partial charge in [0.1, 0.15) is 18.1 Å². The van der Waals surface area contributed by atoms with Gasteiger partial charge in [0.25, 0.3) is 0 Å². The normalized spacial score (nSPS) is 14.0. The maximum Gasteiger partial charge on any atom is 0.326 e. The molecule has 1 rings (SSSR count). The monoisotopic (exact) mass is 539 g/mol. The maximum absolute atomic E-state index is 13.0. The number of unbranched alkanes of at least 4 members (excludes halogenated alkanes) is 1. The number of hydrogen-bond acceptors (Lipinski definition) is 8. The number of aliphatic carboxylic acids is 2. The van der Waals surface area contributed by atoms with Crippen molar-refractivity contribution in [2.75, 3.05) is 18.6 Å². The van der Waals surface area contributed by atoms with Gasteiger partial charge < -0.3 is 37.6 Å². The zero-order valence-electron chi connectivity index (χ0n) is 20.9. The molecule has 0 heterocycles. The van der Waals surface area contributed by atoms with Gasteiger partial charge in [-0.3, -0.25) is 19.2 Å². The Morgan fingerprint density at radius 2 is 1.46 bits per heavy atom. The van der Waals surface area contributed by atoms with Crippen LogP contribution >= 0.6 is 11.8 Å². The van der Waals surface area contributed by atoms with Crippen molar-refractivity contribution in [1.29, 1.82) is 0 Å². The van der Waals surface area contributed by atoms with Gasteiger partial charge in [-0.2, -0.15) is 11.8 Å². The predicted octanol–water partition coefficient (Wildman–Crippen LogP) is -0.548. The van der Waals surface area contributed by atoms with E-state index >= 15 is 0 Å². The molecule has 0 radical (unpaired) electrons. The topological polar surface area (TPSA) is 214 Å². The molecule has 13 heteroatoms. The van der Waals surface area contributed by atoms with E-state index in [9.17, 15) is 34.2 Å². The summed E-state index contributed by atoms with van der Waals surface area (Å²) in [5.41, 5.74) is 12.3. The maximum atomic E-state index is 13.0. The molecule has 0 bridgehead atoms. The first-order valence-corrected chi connectivity index (χ1v) is 13.3. The number of carbonyl (C=O) groups is 5. The molecule has 37 heavy (non-hydrogen) atoms. The van der Waals surface area contributed by atoms with Crippen LogP contribution in [-0.4, -0.2) is 82.6 Å². The standard InChI is InChI=1S/C24H37N5O7S/c1-37-12-10-17(27-21(32)16(26)13-15-7-3-2-4-8-15)22(33)29-19(14-20(30)31)23(34)28-18(24(35)36)9-5-6-11-25/h2-4,7-8,16-19H,5-6,9-14,25-26H2,1H3,(H,27,32)(H,28,34)(H,29,33)(H,30,31)(H,35,36). The zero-order valence-corrected chi connectivity index (χ0v) is 21.7. The average Bonchev–Trinajstić information content (AvgIpc) is 2.85. The van der Waals surface area contributed by atoms with Gasteiger partial charge in [-0.25, -0.2) is 4.79 Å². The second-order valence-corrected chi connectivity index (χ2v) is 9.47. The molecule has 0 aliphatic heterocycles. The highest BCUT2D eigenvalue weighted by atomic mass is 32.2. The van der Waals surface area contributed by atoms with Gasteiger partial charge in [0, 0.05) is 0 Å². The van der Waals surface area contributed by atoms with Crippen LogP contribution in [0.4, 0.5) is 0 Å². The highest BCUT2D eigenvalue weighted by Gasteiger charge is 2.31. The number of carboxylic acid groups (broad SMARTS) is 2. The second kappa shape index (κ2) is 17.3. The van der Waals surface area contributed by atoms with E-state index in [-0.39, 0.29) is 19.3 Å². The first-order valence-electron chi connectivity index (χ1n) is 11.9. The third kappa shape index (κ3) is 12.6. The fourth-order valence-corrected chi connectivity index (χ4v) is 3.89. The molecule has 0 fully saturated rings. The van der Waals surface area contributed by atoms with Crippen molar-refractivity contribution in [2.45, 2.75) is 62.7 Å². The predicted molar refractivity (Wildman–Crippen MR) is 140 cm³/mol. The summed E-state index contributed by atoms with van der Waals surface area (Å²) in [7, 11) is 0. The first-order chi connectivity index (χ1) is 17.6. The number of rotatable bonds is 18. The Balaban J connectivity index is 2.92. The van der Waals surface area contributed by atoms with E-state index in [1.807, 2.05) is 36.6 Å². The van der Waals surface area contributed by atoms with E-state index in [1.165, 1.54) is 11.8 Å². The number of hydrogen-bond donors (Lipinski definition) is 7. The molecule has 1 aromatic carbocycles. The molecule has 4 unspecified atom stereocenters. The molecule has 0 aliphatic rings. The first kappa shape index (κ1) is 31.9. The van der Waals surface area contributed by atoms with Crippen molar-refractivity contribution in [2.24, 2.45) is 11.5 Å². The number of benzene rings is 1. The van der Waals surface area contributed by atoms with Gasteiger partial charge in [0.2, 0.25) is 17.7 Å². The van der Waals surface area contributed by atoms with Crippen LogP contribution in [0.15, 0.2) is 30.3 Å². The smallest absolute Gasteiger partial charge is 0.326 e. The summed E-state index contributed by atoms with van der Waals surface area (Å²) in [5, 5.41) is 25.9. The number of nitrogens with one attached hydrogen (secondary N) is 3. The van der Waals surface area contributed by atoms with Crippen molar-refractivity contribution in [3.63, 3.8) is 0 Å². The van der Waals surface area contributed by atoms with Crippen LogP contribution in [0.25, 0.3) is 0 Å². The summed E-state index contributed by atoms with van der Waals surface area (Å²) >= 11 is 1.43. The zero-order chi connectivity index (χ0) is 27.8. The number of carbonyl (C=O) groups excluding carboxylic acids is 3. The highest BCUT2D eigenvalue weighted by Crippen LogP contribution is 2.07. The van der Waals surface area contributed by atoms with Crippen molar-refractivity contribution in [3.05, 3.63) is 35.9 Å². The SMILES string of the molecule is CSCCC(NC(=O)C(N)Cc1ccccc1)C(=O)NC(CC(=O)O)C(=O)NC(CCCCN)C(=O)O. The molecule has 4 atom stereocenters. The molecular formula is C24H37N5O7S. The van der Waals surface area contributed by atoms with Crippen LogP contribution in [0.1, 0.15) is 37.7 Å². The van der Waals surface area contributed by atoms with Crippen LogP contribution in [0.3, 0.4) is 0 Å². The Bertz CT molecular complexity index is 903. The van der Waals surface area contributed by atoms with Gasteiger partial charge in [-0.1, -0.05) is 30.3 Å². The third-order valence-corrected chi connectivity index (χ3v) is 6.10. The molecule has 0 saturated heterocycles. The average molecular weight is 540 g/mol. The third-order valence-electron chi connectivity index (χ3n) is 5.45. The Hall–Kier alpha value is -3.16. The molecule has 12 nitrogen and oxygen atoms in total. The van der Waals surface area contributed by atoms with Gasteiger partial charge in [-0.05, 0) is 56.2 Å². The Labute approximate surface area is 220 Å². The van der Waals surface area contributed by atoms with Crippen LogP contribution in [-0.2, 0) is 30.4 Å². The van der Waals surface area contributed by atoms with Crippen LogP contribution in [0, 0.1) is 0 Å². The lowest BCUT2D eigenvalue weighted by molar-refractivity contribution is -0.143. The minimum Gasteiger partial charge on any atom is -0.481 e. The van der Waals surface area contributed by atoms with Gasteiger partial charge in [0.15, 0.2) is 0 Å². The van der Waals surface area contributed by atoms with Crippen molar-refractivity contribution >= 4 is 41.4 Å². The lowest BCUT2D eigenvalue weighted by Gasteiger charge is -2.24. The lowest BCUT2D eigenvalue weighted by Crippen LogP contribution is -2.57. The molecule has 9 N–H and O–H groups in total. The summed E-state index contributed by atoms with van der Waals surface area (Å²) in [4.78, 5) is 61.3. The summed E-state index contributed by atoms with van der Waals surface area (Å²) < 4.78 is 0. The van der Waals surface area contributed by atoms with Crippen LogP contribution in [0.2, 0.25) is 0 Å². The Morgan fingerprint density at radius 1 is 0.865 bits per heavy atom. The minimum absolute atomic E-state index is 0.0950. The van der Waals surface area contributed by atoms with E-state index in [0.29, 0.717) is 25.1 Å². The molecule has 3 amide bonds. The number of amides is 3. The second-order valence-electron chi connectivity index (χ2n) is 8.48. The van der Waals surface area contributed by atoms with E-state index < -0.39 is 60.2 Å². The van der Waals surface area contributed by atoms with Crippen molar-refractivity contribution in [1.82, 2.24) is 16.0 Å². The van der Waals surface area contributed by atoms with Crippen LogP contribution in [0.5, 0.6) is 0 Å². The molecule has 0 saturated carbocycles.